The summed E-state index contributed by atoms with van der Waals surface area (Å²) < 4.78 is 5.39. The van der Waals surface area contributed by atoms with Gasteiger partial charge in [0.2, 0.25) is 5.91 Å². The summed E-state index contributed by atoms with van der Waals surface area (Å²) >= 11 is 0. The fraction of sp³-hybridized carbons (Fsp3) is 0.926. The van der Waals surface area contributed by atoms with Crippen LogP contribution in [0.2, 0.25) is 19.1 Å². The molecule has 2 saturated carbocycles. The zero-order valence-corrected chi connectivity index (χ0v) is 23.4. The first kappa shape index (κ1) is 27.5. The molecule has 0 aromatic heterocycles. The molecule has 4 atom stereocenters. The number of carbonyl (C=O) groups is 2. The SMILES string of the molecule is CC(C)(C)OC(=O)NCC1CCCC(C2CCN(C(=O)C3CCCC(C[Si](C)(C)O)C3)CC2)C1. The highest BCUT2D eigenvalue weighted by atomic mass is 28.4. The Morgan fingerprint density at radius 3 is 2.24 bits per heavy atom. The third-order valence-electron chi connectivity index (χ3n) is 8.20. The van der Waals surface area contributed by atoms with Crippen LogP contribution in [0.25, 0.3) is 0 Å². The predicted molar refractivity (Wildman–Crippen MR) is 139 cm³/mol. The number of piperidine rings is 1. The van der Waals surface area contributed by atoms with Gasteiger partial charge >= 0.3 is 6.09 Å². The van der Waals surface area contributed by atoms with E-state index in [0.717, 1.165) is 51.2 Å². The van der Waals surface area contributed by atoms with Crippen molar-refractivity contribution in [2.75, 3.05) is 19.6 Å². The highest BCUT2D eigenvalue weighted by Crippen LogP contribution is 2.39. The summed E-state index contributed by atoms with van der Waals surface area (Å²) in [5.41, 5.74) is -0.458. The summed E-state index contributed by atoms with van der Waals surface area (Å²) in [6.07, 6.45) is 11.1. The first-order valence-electron chi connectivity index (χ1n) is 13.9. The predicted octanol–water partition coefficient (Wildman–Crippen LogP) is 5.56. The molecule has 0 spiro atoms. The molecule has 196 valence electrons. The Bertz CT molecular complexity index is 679. The lowest BCUT2D eigenvalue weighted by molar-refractivity contribution is -0.138. The summed E-state index contributed by atoms with van der Waals surface area (Å²) in [6, 6.07) is 0.935. The second kappa shape index (κ2) is 11.8. The lowest BCUT2D eigenvalue weighted by Crippen LogP contribution is -2.45. The van der Waals surface area contributed by atoms with Crippen LogP contribution in [-0.2, 0) is 9.53 Å². The van der Waals surface area contributed by atoms with E-state index in [1.54, 1.807) is 0 Å². The van der Waals surface area contributed by atoms with Crippen molar-refractivity contribution in [3.63, 3.8) is 0 Å². The molecule has 0 aromatic rings. The fourth-order valence-electron chi connectivity index (χ4n) is 6.74. The molecule has 0 radical (unpaired) electrons. The van der Waals surface area contributed by atoms with Crippen molar-refractivity contribution in [3.05, 3.63) is 0 Å². The summed E-state index contributed by atoms with van der Waals surface area (Å²) in [4.78, 5) is 37.8. The molecule has 2 amide bonds. The Labute approximate surface area is 208 Å². The minimum atomic E-state index is -2.06. The van der Waals surface area contributed by atoms with E-state index in [0.29, 0.717) is 36.1 Å². The van der Waals surface area contributed by atoms with E-state index in [2.05, 4.69) is 10.2 Å². The van der Waals surface area contributed by atoms with Crippen LogP contribution < -0.4 is 5.32 Å². The van der Waals surface area contributed by atoms with E-state index in [4.69, 9.17) is 4.74 Å². The van der Waals surface area contributed by atoms with Crippen molar-refractivity contribution in [2.45, 2.75) is 110 Å². The molecule has 0 bridgehead atoms. The normalized spacial score (nSPS) is 29.5. The largest absolute Gasteiger partial charge is 0.444 e. The fourth-order valence-corrected chi connectivity index (χ4v) is 8.53. The van der Waals surface area contributed by atoms with Crippen molar-refractivity contribution >= 4 is 20.3 Å². The second-order valence-electron chi connectivity index (χ2n) is 13.1. The maximum atomic E-state index is 13.3. The van der Waals surface area contributed by atoms with Crippen LogP contribution >= 0.6 is 0 Å². The Morgan fingerprint density at radius 2 is 1.59 bits per heavy atom. The molecular formula is C27H50N2O4Si. The third-order valence-corrected chi connectivity index (χ3v) is 9.77. The van der Waals surface area contributed by atoms with Crippen molar-refractivity contribution in [2.24, 2.45) is 29.6 Å². The van der Waals surface area contributed by atoms with Gasteiger partial charge in [-0.15, -0.1) is 0 Å². The lowest BCUT2D eigenvalue weighted by Gasteiger charge is -2.41. The van der Waals surface area contributed by atoms with Crippen LogP contribution in [0.4, 0.5) is 4.79 Å². The Morgan fingerprint density at radius 1 is 0.941 bits per heavy atom. The highest BCUT2D eigenvalue weighted by molar-refractivity contribution is 6.69. The number of amides is 2. The van der Waals surface area contributed by atoms with E-state index < -0.39 is 13.9 Å². The molecule has 7 heteroatoms. The zero-order valence-electron chi connectivity index (χ0n) is 22.4. The van der Waals surface area contributed by atoms with E-state index in [9.17, 15) is 14.4 Å². The zero-order chi connectivity index (χ0) is 24.9. The molecule has 4 unspecified atom stereocenters. The van der Waals surface area contributed by atoms with Gasteiger partial charge in [-0.3, -0.25) is 4.79 Å². The third kappa shape index (κ3) is 8.85. The smallest absolute Gasteiger partial charge is 0.407 e. The van der Waals surface area contributed by atoms with Crippen molar-refractivity contribution in [3.8, 4) is 0 Å². The van der Waals surface area contributed by atoms with Gasteiger partial charge in [-0.05, 0) is 102 Å². The topological polar surface area (TPSA) is 78.9 Å². The Balaban J connectivity index is 1.41. The first-order valence-corrected chi connectivity index (χ1v) is 17.0. The monoisotopic (exact) mass is 494 g/mol. The van der Waals surface area contributed by atoms with Gasteiger partial charge in [0.05, 0.1) is 0 Å². The molecule has 2 N–H and O–H groups in total. The quantitative estimate of drug-likeness (QED) is 0.474. The van der Waals surface area contributed by atoms with Crippen LogP contribution in [-0.4, -0.2) is 55.2 Å². The average molecular weight is 495 g/mol. The number of ether oxygens (including phenoxy) is 1. The molecule has 0 aromatic carbocycles. The van der Waals surface area contributed by atoms with Crippen molar-refractivity contribution < 1.29 is 19.1 Å². The van der Waals surface area contributed by atoms with Crippen LogP contribution in [0.15, 0.2) is 0 Å². The van der Waals surface area contributed by atoms with Crippen LogP contribution in [0.1, 0.15) is 85.0 Å². The number of nitrogens with zero attached hydrogens (tertiary/aromatic N) is 1. The van der Waals surface area contributed by atoms with E-state index in [1.165, 1.54) is 32.1 Å². The van der Waals surface area contributed by atoms with Crippen molar-refractivity contribution in [1.29, 1.82) is 0 Å². The molecule has 1 saturated heterocycles. The van der Waals surface area contributed by atoms with Gasteiger partial charge in [0, 0.05) is 25.6 Å². The lowest BCUT2D eigenvalue weighted by atomic mass is 9.72. The highest BCUT2D eigenvalue weighted by Gasteiger charge is 2.36. The maximum Gasteiger partial charge on any atom is 0.407 e. The Hall–Kier alpha value is -1.08. The van der Waals surface area contributed by atoms with E-state index in [-0.39, 0.29) is 12.0 Å². The molecule has 3 aliphatic rings. The molecular weight excluding hydrogens is 444 g/mol. The standard InChI is InChI=1S/C27H50N2O4Si/c1-27(2,3)33-26(31)28-18-20-8-6-10-23(16-20)22-12-14-29(15-13-22)25(30)24-11-7-9-21(17-24)19-34(4,5)32/h20-24,32H,6-19H2,1-5H3,(H,28,31). The number of nitrogens with one attached hydrogen (secondary N) is 1. The Kier molecular flexibility index (Phi) is 9.52. The van der Waals surface area contributed by atoms with Crippen LogP contribution in [0, 0.1) is 29.6 Å². The molecule has 3 fully saturated rings. The average Bonchev–Trinajstić information content (AvgIpc) is 2.75. The van der Waals surface area contributed by atoms with E-state index >= 15 is 0 Å². The van der Waals surface area contributed by atoms with Gasteiger partial charge in [0.15, 0.2) is 8.32 Å². The van der Waals surface area contributed by atoms with E-state index in [1.807, 2.05) is 33.9 Å². The van der Waals surface area contributed by atoms with Gasteiger partial charge in [-0.1, -0.05) is 25.7 Å². The number of carbonyl (C=O) groups excluding carboxylic acids is 2. The molecule has 3 rings (SSSR count). The molecule has 34 heavy (non-hydrogen) atoms. The number of rotatable bonds is 6. The number of likely N-dealkylation sites (tertiary alicyclic amines) is 1. The van der Waals surface area contributed by atoms with Gasteiger partial charge in [0.25, 0.3) is 0 Å². The van der Waals surface area contributed by atoms with Gasteiger partial charge in [-0.25, -0.2) is 4.79 Å². The van der Waals surface area contributed by atoms with Crippen molar-refractivity contribution in [1.82, 2.24) is 10.2 Å². The van der Waals surface area contributed by atoms with Crippen LogP contribution in [0.3, 0.4) is 0 Å². The maximum absolute atomic E-state index is 13.3. The molecule has 2 aliphatic carbocycles. The van der Waals surface area contributed by atoms with Gasteiger partial charge in [0.1, 0.15) is 5.60 Å². The molecule has 6 nitrogen and oxygen atoms in total. The summed E-state index contributed by atoms with van der Waals surface area (Å²) in [7, 11) is -2.06. The molecule has 1 heterocycles. The minimum absolute atomic E-state index is 0.171. The first-order chi connectivity index (χ1) is 15.9. The number of hydrogen-bond acceptors (Lipinski definition) is 4. The van der Waals surface area contributed by atoms with Gasteiger partial charge < -0.3 is 19.7 Å². The summed E-state index contributed by atoms with van der Waals surface area (Å²) in [5, 5.41) is 2.98. The minimum Gasteiger partial charge on any atom is -0.444 e. The van der Waals surface area contributed by atoms with Gasteiger partial charge in [-0.2, -0.15) is 0 Å². The number of alkyl carbamates (subject to hydrolysis) is 1. The second-order valence-corrected chi connectivity index (χ2v) is 17.1. The van der Waals surface area contributed by atoms with Crippen LogP contribution in [0.5, 0.6) is 0 Å². The summed E-state index contributed by atoms with van der Waals surface area (Å²) in [5.74, 6) is 3.03. The number of hydrogen-bond donors (Lipinski definition) is 2. The summed E-state index contributed by atoms with van der Waals surface area (Å²) in [6.45, 7) is 12.2. The molecule has 1 aliphatic heterocycles.